The fourth-order valence-electron chi connectivity index (χ4n) is 3.18. The highest BCUT2D eigenvalue weighted by molar-refractivity contribution is 8.01. The van der Waals surface area contributed by atoms with E-state index in [0.717, 1.165) is 29.9 Å². The van der Waals surface area contributed by atoms with Gasteiger partial charge in [0.25, 0.3) is 5.91 Å². The first kappa shape index (κ1) is 26.3. The molecule has 2 heterocycles. The molecule has 2 N–H and O–H groups in total. The van der Waals surface area contributed by atoms with Crippen LogP contribution in [0.25, 0.3) is 5.69 Å². The summed E-state index contributed by atoms with van der Waals surface area (Å²) in [5.41, 5.74) is 2.57. The van der Waals surface area contributed by atoms with E-state index in [9.17, 15) is 14.0 Å². The van der Waals surface area contributed by atoms with Gasteiger partial charge in [0.1, 0.15) is 5.82 Å². The standard InChI is InChI=1S/C25H25FN6O3S2/c1-3-13-35-20-14-32(19-11-7-17(26)8-12-19)31-22(20)23(34)28-24-29-30-25(37-24)36-15-21(33)27-18-9-5-16(4-2)6-10-18/h5-12,14H,3-4,13,15H2,1-2H3,(H,27,33)(H,28,29,34). The number of nitrogens with zero attached hydrogens (tertiary/aromatic N) is 4. The molecule has 0 fully saturated rings. The minimum atomic E-state index is -0.520. The van der Waals surface area contributed by atoms with E-state index in [1.54, 1.807) is 18.3 Å². The highest BCUT2D eigenvalue weighted by Gasteiger charge is 2.21. The Balaban J connectivity index is 1.37. The molecular weight excluding hydrogens is 515 g/mol. The molecule has 192 valence electrons. The second kappa shape index (κ2) is 12.5. The zero-order valence-corrected chi connectivity index (χ0v) is 21.9. The zero-order valence-electron chi connectivity index (χ0n) is 20.2. The third-order valence-corrected chi connectivity index (χ3v) is 7.02. The monoisotopic (exact) mass is 540 g/mol. The number of rotatable bonds is 11. The lowest BCUT2D eigenvalue weighted by Gasteiger charge is -2.05. The number of amides is 2. The van der Waals surface area contributed by atoms with E-state index in [4.69, 9.17) is 4.74 Å². The SMILES string of the molecule is CCCOc1cn(-c2ccc(F)cc2)nc1C(=O)Nc1nnc(SCC(=O)Nc2ccc(CC)cc2)s1. The molecule has 9 nitrogen and oxygen atoms in total. The van der Waals surface area contributed by atoms with Crippen molar-refractivity contribution in [2.75, 3.05) is 23.0 Å². The summed E-state index contributed by atoms with van der Waals surface area (Å²) in [6.07, 6.45) is 3.26. The van der Waals surface area contributed by atoms with E-state index in [-0.39, 0.29) is 28.3 Å². The largest absolute Gasteiger partial charge is 0.489 e. The quantitative estimate of drug-likeness (QED) is 0.199. The molecule has 2 aromatic carbocycles. The van der Waals surface area contributed by atoms with Crippen molar-refractivity contribution < 1.29 is 18.7 Å². The minimum absolute atomic E-state index is 0.0654. The van der Waals surface area contributed by atoms with Gasteiger partial charge in [0.15, 0.2) is 15.8 Å². The normalized spacial score (nSPS) is 10.8. The lowest BCUT2D eigenvalue weighted by atomic mass is 10.1. The summed E-state index contributed by atoms with van der Waals surface area (Å²) < 4.78 is 21.0. The maximum absolute atomic E-state index is 13.3. The van der Waals surface area contributed by atoms with Crippen molar-refractivity contribution in [2.45, 2.75) is 31.0 Å². The van der Waals surface area contributed by atoms with Crippen molar-refractivity contribution in [1.29, 1.82) is 0 Å². The Kier molecular flexibility index (Phi) is 8.86. The van der Waals surface area contributed by atoms with Crippen molar-refractivity contribution >= 4 is 45.7 Å². The number of hydrogen-bond donors (Lipinski definition) is 2. The summed E-state index contributed by atoms with van der Waals surface area (Å²) in [6.45, 7) is 4.43. The van der Waals surface area contributed by atoms with Gasteiger partial charge in [-0.2, -0.15) is 5.10 Å². The fraction of sp³-hybridized carbons (Fsp3) is 0.240. The molecule has 0 saturated heterocycles. The molecule has 4 rings (SSSR count). The summed E-state index contributed by atoms with van der Waals surface area (Å²) in [7, 11) is 0. The van der Waals surface area contributed by atoms with Gasteiger partial charge in [0.2, 0.25) is 11.0 Å². The van der Waals surface area contributed by atoms with Crippen LogP contribution in [-0.4, -0.2) is 44.2 Å². The van der Waals surface area contributed by atoms with Gasteiger partial charge >= 0.3 is 0 Å². The zero-order chi connectivity index (χ0) is 26.2. The number of halogens is 1. The number of aryl methyl sites for hydroxylation is 1. The summed E-state index contributed by atoms with van der Waals surface area (Å²) in [5.74, 6) is -0.613. The number of anilines is 2. The van der Waals surface area contributed by atoms with Crippen LogP contribution in [-0.2, 0) is 11.2 Å². The number of aromatic nitrogens is 4. The fourth-order valence-corrected chi connectivity index (χ4v) is 4.73. The summed E-state index contributed by atoms with van der Waals surface area (Å²) in [6, 6.07) is 13.4. The first-order valence-electron chi connectivity index (χ1n) is 11.6. The van der Waals surface area contributed by atoms with Crippen LogP contribution in [0.5, 0.6) is 5.75 Å². The highest BCUT2D eigenvalue weighted by atomic mass is 32.2. The number of carbonyl (C=O) groups excluding carboxylic acids is 2. The topological polar surface area (TPSA) is 111 Å². The molecule has 12 heteroatoms. The predicted molar refractivity (Wildman–Crippen MR) is 142 cm³/mol. The maximum Gasteiger partial charge on any atom is 0.281 e. The van der Waals surface area contributed by atoms with E-state index in [1.807, 2.05) is 31.2 Å². The molecule has 2 aromatic heterocycles. The van der Waals surface area contributed by atoms with Crippen molar-refractivity contribution in [3.63, 3.8) is 0 Å². The van der Waals surface area contributed by atoms with Crippen LogP contribution >= 0.6 is 23.1 Å². The van der Waals surface area contributed by atoms with Gasteiger partial charge in [-0.1, -0.05) is 49.1 Å². The van der Waals surface area contributed by atoms with Crippen molar-refractivity contribution in [3.05, 3.63) is 71.8 Å². The Morgan fingerprint density at radius 2 is 1.81 bits per heavy atom. The second-order valence-corrected chi connectivity index (χ2v) is 10.0. The maximum atomic E-state index is 13.3. The lowest BCUT2D eigenvalue weighted by molar-refractivity contribution is -0.113. The van der Waals surface area contributed by atoms with Gasteiger partial charge < -0.3 is 10.1 Å². The number of nitrogens with one attached hydrogen (secondary N) is 2. The average Bonchev–Trinajstić information content (AvgIpc) is 3.54. The first-order chi connectivity index (χ1) is 17.9. The van der Waals surface area contributed by atoms with Crippen LogP contribution in [0.2, 0.25) is 0 Å². The van der Waals surface area contributed by atoms with E-state index < -0.39 is 5.91 Å². The molecule has 0 spiro atoms. The molecule has 4 aromatic rings. The molecule has 0 aliphatic rings. The van der Waals surface area contributed by atoms with Crippen LogP contribution in [0.15, 0.2) is 59.1 Å². The highest BCUT2D eigenvalue weighted by Crippen LogP contribution is 2.27. The third-order valence-electron chi connectivity index (χ3n) is 5.05. The molecule has 0 saturated carbocycles. The van der Waals surface area contributed by atoms with Gasteiger partial charge in [-0.25, -0.2) is 9.07 Å². The number of carbonyl (C=O) groups is 2. The average molecular weight is 541 g/mol. The molecule has 0 aliphatic heterocycles. The van der Waals surface area contributed by atoms with Crippen molar-refractivity contribution in [1.82, 2.24) is 20.0 Å². The van der Waals surface area contributed by atoms with Crippen LogP contribution in [0.3, 0.4) is 0 Å². The molecule has 0 aliphatic carbocycles. The van der Waals surface area contributed by atoms with Gasteiger partial charge in [-0.05, 0) is 54.8 Å². The van der Waals surface area contributed by atoms with Gasteiger partial charge in [-0.15, -0.1) is 10.2 Å². The van der Waals surface area contributed by atoms with E-state index >= 15 is 0 Å². The van der Waals surface area contributed by atoms with Crippen molar-refractivity contribution in [3.8, 4) is 11.4 Å². The lowest BCUT2D eigenvalue weighted by Crippen LogP contribution is -2.14. The predicted octanol–water partition coefficient (Wildman–Crippen LogP) is 5.20. The Morgan fingerprint density at radius 1 is 1.05 bits per heavy atom. The van der Waals surface area contributed by atoms with Gasteiger partial charge in [-0.3, -0.25) is 14.9 Å². The van der Waals surface area contributed by atoms with Crippen LogP contribution in [0.1, 0.15) is 36.3 Å². The van der Waals surface area contributed by atoms with E-state index in [1.165, 1.54) is 34.1 Å². The Bertz CT molecular complexity index is 1360. The number of benzene rings is 2. The molecule has 0 radical (unpaired) electrons. The number of ether oxygens (including phenoxy) is 1. The Hall–Kier alpha value is -3.77. The number of hydrogen-bond acceptors (Lipinski definition) is 8. The van der Waals surface area contributed by atoms with Crippen LogP contribution in [0.4, 0.5) is 15.2 Å². The molecule has 2 amide bonds. The summed E-state index contributed by atoms with van der Waals surface area (Å²) >= 11 is 2.37. The first-order valence-corrected chi connectivity index (χ1v) is 13.4. The smallest absolute Gasteiger partial charge is 0.281 e. The number of thioether (sulfide) groups is 1. The summed E-state index contributed by atoms with van der Waals surface area (Å²) in [5, 5.41) is 18.2. The molecule has 0 atom stereocenters. The van der Waals surface area contributed by atoms with Crippen LogP contribution in [0, 0.1) is 5.82 Å². The molecule has 37 heavy (non-hydrogen) atoms. The van der Waals surface area contributed by atoms with Crippen LogP contribution < -0.4 is 15.4 Å². The second-order valence-electron chi connectivity index (χ2n) is 7.83. The van der Waals surface area contributed by atoms with Gasteiger partial charge in [0.05, 0.1) is 24.2 Å². The molecule has 0 bridgehead atoms. The third kappa shape index (κ3) is 7.14. The van der Waals surface area contributed by atoms with Gasteiger partial charge in [0, 0.05) is 5.69 Å². The van der Waals surface area contributed by atoms with Crippen molar-refractivity contribution in [2.24, 2.45) is 0 Å². The molecule has 0 unspecified atom stereocenters. The Labute approximate surface area is 221 Å². The summed E-state index contributed by atoms with van der Waals surface area (Å²) in [4.78, 5) is 25.2. The Morgan fingerprint density at radius 3 is 2.51 bits per heavy atom. The molecular formula is C25H25FN6O3S2. The van der Waals surface area contributed by atoms with E-state index in [0.29, 0.717) is 22.4 Å². The minimum Gasteiger partial charge on any atom is -0.489 e. The van der Waals surface area contributed by atoms with E-state index in [2.05, 4.69) is 32.9 Å².